The van der Waals surface area contributed by atoms with Gasteiger partial charge in [-0.1, -0.05) is 36.4 Å². The molecule has 4 rings (SSSR count). The highest BCUT2D eigenvalue weighted by molar-refractivity contribution is 8.18. The average molecular weight is 377 g/mol. The number of amides is 3. The highest BCUT2D eigenvalue weighted by Gasteiger charge is 2.36. The van der Waals surface area contributed by atoms with Crippen LogP contribution < -0.4 is 5.32 Å². The first kappa shape index (κ1) is 17.1. The summed E-state index contributed by atoms with van der Waals surface area (Å²) in [6, 6.07) is 16.8. The molecule has 1 aromatic heterocycles. The van der Waals surface area contributed by atoms with Gasteiger partial charge >= 0.3 is 0 Å². The molecule has 0 radical (unpaired) electrons. The van der Waals surface area contributed by atoms with E-state index in [-0.39, 0.29) is 6.54 Å². The molecule has 6 nitrogen and oxygen atoms in total. The average Bonchev–Trinajstić information content (AvgIpc) is 3.26. The van der Waals surface area contributed by atoms with E-state index in [1.165, 1.54) is 0 Å². The van der Waals surface area contributed by atoms with E-state index >= 15 is 0 Å². The van der Waals surface area contributed by atoms with Crippen molar-refractivity contribution < 1.29 is 14.4 Å². The Balaban J connectivity index is 1.49. The van der Waals surface area contributed by atoms with Crippen molar-refractivity contribution in [1.82, 2.24) is 9.88 Å². The number of carbonyl (C=O) groups excluding carboxylic acids is 3. The van der Waals surface area contributed by atoms with Gasteiger partial charge in [-0.2, -0.15) is 0 Å². The van der Waals surface area contributed by atoms with Gasteiger partial charge in [-0.25, -0.2) is 0 Å². The van der Waals surface area contributed by atoms with E-state index in [1.54, 1.807) is 30.5 Å². The number of anilines is 1. The number of nitrogens with zero attached hydrogens (tertiary/aromatic N) is 1. The van der Waals surface area contributed by atoms with Crippen molar-refractivity contribution in [3.05, 3.63) is 71.4 Å². The van der Waals surface area contributed by atoms with Gasteiger partial charge in [-0.15, -0.1) is 0 Å². The third kappa shape index (κ3) is 3.50. The Morgan fingerprint density at radius 3 is 2.70 bits per heavy atom. The van der Waals surface area contributed by atoms with Crippen LogP contribution in [0.4, 0.5) is 10.5 Å². The Morgan fingerprint density at radius 1 is 1.07 bits per heavy atom. The van der Waals surface area contributed by atoms with Gasteiger partial charge in [0.15, 0.2) is 0 Å². The van der Waals surface area contributed by atoms with E-state index in [9.17, 15) is 14.4 Å². The van der Waals surface area contributed by atoms with Crippen molar-refractivity contribution in [3.8, 4) is 0 Å². The fourth-order valence-corrected chi connectivity index (χ4v) is 3.71. The summed E-state index contributed by atoms with van der Waals surface area (Å²) in [4.78, 5) is 41.3. The largest absolute Gasteiger partial charge is 0.362 e. The smallest absolute Gasteiger partial charge is 0.294 e. The van der Waals surface area contributed by atoms with Crippen LogP contribution >= 0.6 is 11.8 Å². The number of H-pyrrole nitrogens is 1. The summed E-state index contributed by atoms with van der Waals surface area (Å²) in [5.74, 6) is -0.887. The standard InChI is InChI=1S/C20H15N3O3S/c24-18(22-16-9-3-6-13-5-1-2-8-15(13)16)12-23-19(25)17(27-20(23)26)11-14-7-4-10-21-14/h1-11,21H,12H2,(H,22,24)/b17-11+. The number of rotatable bonds is 4. The van der Waals surface area contributed by atoms with Crippen molar-refractivity contribution >= 4 is 51.4 Å². The SMILES string of the molecule is O=C(CN1C(=O)S/C(=C/c2ccc[nH]2)C1=O)Nc1cccc2ccccc12. The molecule has 0 bridgehead atoms. The minimum absolute atomic E-state index is 0.292. The van der Waals surface area contributed by atoms with E-state index in [0.29, 0.717) is 10.6 Å². The fourth-order valence-electron chi connectivity index (χ4n) is 2.88. The Bertz CT molecular complexity index is 1070. The van der Waals surface area contributed by atoms with Crippen LogP contribution in [0.2, 0.25) is 0 Å². The predicted molar refractivity (Wildman–Crippen MR) is 106 cm³/mol. The number of hydrogen-bond donors (Lipinski definition) is 2. The molecule has 1 aliphatic heterocycles. The van der Waals surface area contributed by atoms with Gasteiger partial charge < -0.3 is 10.3 Å². The van der Waals surface area contributed by atoms with Crippen LogP contribution in [0, 0.1) is 0 Å². The highest BCUT2D eigenvalue weighted by Crippen LogP contribution is 2.32. The van der Waals surface area contributed by atoms with E-state index in [2.05, 4.69) is 10.3 Å². The van der Waals surface area contributed by atoms with E-state index in [4.69, 9.17) is 0 Å². The number of hydrogen-bond acceptors (Lipinski definition) is 4. The first-order chi connectivity index (χ1) is 13.1. The number of carbonyl (C=O) groups is 3. The second-order valence-electron chi connectivity index (χ2n) is 5.97. The third-order valence-electron chi connectivity index (χ3n) is 4.15. The van der Waals surface area contributed by atoms with Crippen LogP contribution in [-0.4, -0.2) is 33.5 Å². The lowest BCUT2D eigenvalue weighted by Gasteiger charge is -2.13. The molecule has 134 valence electrons. The molecule has 1 aliphatic rings. The molecular formula is C20H15N3O3S. The van der Waals surface area contributed by atoms with Gasteiger partial charge in [0.1, 0.15) is 6.54 Å². The van der Waals surface area contributed by atoms with Gasteiger partial charge in [-0.05, 0) is 41.4 Å². The van der Waals surface area contributed by atoms with Crippen molar-refractivity contribution in [3.63, 3.8) is 0 Å². The Hall–Kier alpha value is -3.32. The maximum absolute atomic E-state index is 12.5. The maximum atomic E-state index is 12.5. The number of nitrogens with one attached hydrogen (secondary N) is 2. The molecule has 0 unspecified atom stereocenters. The van der Waals surface area contributed by atoms with Crippen molar-refractivity contribution in [2.75, 3.05) is 11.9 Å². The molecule has 2 heterocycles. The second-order valence-corrected chi connectivity index (χ2v) is 6.96. The molecule has 0 saturated carbocycles. The van der Waals surface area contributed by atoms with Crippen LogP contribution in [0.15, 0.2) is 65.7 Å². The van der Waals surface area contributed by atoms with Crippen LogP contribution in [0.1, 0.15) is 5.69 Å². The highest BCUT2D eigenvalue weighted by atomic mass is 32.2. The van der Waals surface area contributed by atoms with Gasteiger partial charge in [0.2, 0.25) is 5.91 Å². The zero-order valence-electron chi connectivity index (χ0n) is 14.1. The van der Waals surface area contributed by atoms with Crippen LogP contribution in [0.3, 0.4) is 0 Å². The lowest BCUT2D eigenvalue weighted by Crippen LogP contribution is -2.36. The van der Waals surface area contributed by atoms with Gasteiger partial charge in [0.25, 0.3) is 11.1 Å². The second kappa shape index (κ2) is 7.13. The summed E-state index contributed by atoms with van der Waals surface area (Å²) in [5, 5.41) is 4.23. The van der Waals surface area contributed by atoms with E-state index in [1.807, 2.05) is 36.4 Å². The molecule has 2 N–H and O–H groups in total. The van der Waals surface area contributed by atoms with Gasteiger partial charge in [0, 0.05) is 23.0 Å². The number of aromatic nitrogens is 1. The molecule has 1 saturated heterocycles. The molecule has 2 aromatic carbocycles. The first-order valence-electron chi connectivity index (χ1n) is 8.28. The van der Waals surface area contributed by atoms with Crippen LogP contribution in [0.5, 0.6) is 0 Å². The molecule has 1 fully saturated rings. The predicted octanol–water partition coefficient (Wildman–Crippen LogP) is 3.84. The van der Waals surface area contributed by atoms with Gasteiger partial charge in [-0.3, -0.25) is 19.3 Å². The quantitative estimate of drug-likeness (QED) is 0.677. The lowest BCUT2D eigenvalue weighted by atomic mass is 10.1. The lowest BCUT2D eigenvalue weighted by molar-refractivity contribution is -0.127. The molecular weight excluding hydrogens is 362 g/mol. The summed E-state index contributed by atoms with van der Waals surface area (Å²) in [5.41, 5.74) is 1.37. The number of imide groups is 1. The minimum Gasteiger partial charge on any atom is -0.362 e. The minimum atomic E-state index is -0.465. The Labute approximate surface area is 159 Å². The molecule has 3 amide bonds. The third-order valence-corrected chi connectivity index (χ3v) is 5.06. The van der Waals surface area contributed by atoms with Crippen molar-refractivity contribution in [2.24, 2.45) is 0 Å². The molecule has 7 heteroatoms. The summed E-state index contributed by atoms with van der Waals surface area (Å²) in [6.45, 7) is -0.323. The summed E-state index contributed by atoms with van der Waals surface area (Å²) in [7, 11) is 0. The number of benzene rings is 2. The normalized spacial score (nSPS) is 15.7. The summed E-state index contributed by atoms with van der Waals surface area (Å²) in [6.07, 6.45) is 3.33. The van der Waals surface area contributed by atoms with Gasteiger partial charge in [0.05, 0.1) is 4.91 Å². The molecule has 0 aliphatic carbocycles. The van der Waals surface area contributed by atoms with Crippen LogP contribution in [-0.2, 0) is 9.59 Å². The molecule has 27 heavy (non-hydrogen) atoms. The van der Waals surface area contributed by atoms with Crippen LogP contribution in [0.25, 0.3) is 16.8 Å². The Kier molecular flexibility index (Phi) is 4.52. The zero-order valence-corrected chi connectivity index (χ0v) is 15.0. The molecule has 0 atom stereocenters. The first-order valence-corrected chi connectivity index (χ1v) is 9.10. The number of aromatic amines is 1. The number of thioether (sulfide) groups is 1. The van der Waals surface area contributed by atoms with Crippen molar-refractivity contribution in [1.29, 1.82) is 0 Å². The molecule has 3 aromatic rings. The maximum Gasteiger partial charge on any atom is 0.294 e. The summed E-state index contributed by atoms with van der Waals surface area (Å²) >= 11 is 0.829. The fraction of sp³-hybridized carbons (Fsp3) is 0.0500. The monoisotopic (exact) mass is 377 g/mol. The van der Waals surface area contributed by atoms with E-state index in [0.717, 1.165) is 33.1 Å². The molecule has 0 spiro atoms. The number of fused-ring (bicyclic) bond motifs is 1. The van der Waals surface area contributed by atoms with Crippen molar-refractivity contribution in [2.45, 2.75) is 0 Å². The Morgan fingerprint density at radius 2 is 1.89 bits per heavy atom. The summed E-state index contributed by atoms with van der Waals surface area (Å²) < 4.78 is 0. The zero-order chi connectivity index (χ0) is 18.8. The van der Waals surface area contributed by atoms with E-state index < -0.39 is 17.1 Å². The topological polar surface area (TPSA) is 82.3 Å².